The Morgan fingerprint density at radius 3 is 2.85 bits per heavy atom. The van der Waals surface area contributed by atoms with Gasteiger partial charge < -0.3 is 14.5 Å². The number of benzene rings is 2. The van der Waals surface area contributed by atoms with Crippen LogP contribution >= 0.6 is 0 Å². The molecule has 2 aromatic carbocycles. The second-order valence-electron chi connectivity index (χ2n) is 7.12. The average molecular weight is 352 g/mol. The smallest absolute Gasteiger partial charge is 0.165 e. The first-order valence-electron chi connectivity index (χ1n) is 8.95. The highest BCUT2D eigenvalue weighted by Gasteiger charge is 2.34. The molecule has 2 aliphatic rings. The number of nitrogens with one attached hydrogen (secondary N) is 1. The molecule has 134 valence electrons. The fourth-order valence-electron chi connectivity index (χ4n) is 4.51. The van der Waals surface area contributed by atoms with Crippen LogP contribution in [0.15, 0.2) is 30.3 Å². The van der Waals surface area contributed by atoms with Crippen molar-refractivity contribution in [3.8, 4) is 11.5 Å². The molecule has 3 aromatic rings. The fraction of sp³-hybridized carbons (Fsp3) is 0.333. The van der Waals surface area contributed by atoms with Crippen LogP contribution in [0.25, 0.3) is 10.9 Å². The zero-order chi connectivity index (χ0) is 17.8. The Balaban J connectivity index is 1.62. The van der Waals surface area contributed by atoms with Gasteiger partial charge in [-0.25, -0.2) is 4.39 Å². The highest BCUT2D eigenvalue weighted by molar-refractivity contribution is 5.86. The number of fused-ring (bicyclic) bond motifs is 6. The number of ether oxygens (including phenoxy) is 2. The zero-order valence-corrected chi connectivity index (χ0v) is 14.9. The number of hydrogen-bond donors (Lipinski definition) is 1. The summed E-state index contributed by atoms with van der Waals surface area (Å²) in [7, 11) is 3.22. The topological polar surface area (TPSA) is 37.5 Å². The minimum Gasteiger partial charge on any atom is -0.497 e. The maximum atomic E-state index is 14.1. The van der Waals surface area contributed by atoms with Gasteiger partial charge in [0.05, 0.1) is 14.2 Å². The van der Waals surface area contributed by atoms with Crippen molar-refractivity contribution < 1.29 is 13.9 Å². The maximum Gasteiger partial charge on any atom is 0.165 e. The molecule has 5 heteroatoms. The molecule has 4 nitrogen and oxygen atoms in total. The van der Waals surface area contributed by atoms with E-state index in [2.05, 4.69) is 22.0 Å². The monoisotopic (exact) mass is 352 g/mol. The van der Waals surface area contributed by atoms with E-state index in [0.717, 1.165) is 42.8 Å². The highest BCUT2D eigenvalue weighted by Crippen LogP contribution is 2.42. The molecule has 0 fully saturated rings. The molecule has 0 saturated carbocycles. The maximum absolute atomic E-state index is 14.1. The molecular formula is C21H21FN2O2. The minimum absolute atomic E-state index is 0.256. The summed E-state index contributed by atoms with van der Waals surface area (Å²) in [6.45, 7) is 1.83. The van der Waals surface area contributed by atoms with Gasteiger partial charge in [0.2, 0.25) is 0 Å². The molecule has 0 saturated heterocycles. The van der Waals surface area contributed by atoms with E-state index in [4.69, 9.17) is 9.47 Å². The SMILES string of the molecule is COc1ccc2[nH]c3c(c2c1)C[C@H]1c2cc(OC)c(F)cc2CCN1C3. The van der Waals surface area contributed by atoms with Crippen molar-refractivity contribution in [2.24, 2.45) is 0 Å². The number of methoxy groups -OCH3 is 2. The van der Waals surface area contributed by atoms with Gasteiger partial charge in [-0.2, -0.15) is 0 Å². The molecule has 0 aliphatic carbocycles. The molecule has 26 heavy (non-hydrogen) atoms. The Labute approximate surface area is 151 Å². The first-order valence-corrected chi connectivity index (χ1v) is 8.95. The number of H-pyrrole nitrogens is 1. The molecule has 2 aliphatic heterocycles. The summed E-state index contributed by atoms with van der Waals surface area (Å²) in [6, 6.07) is 9.97. The third-order valence-corrected chi connectivity index (χ3v) is 5.84. The number of hydrogen-bond acceptors (Lipinski definition) is 3. The van der Waals surface area contributed by atoms with Crippen molar-refractivity contribution in [1.82, 2.24) is 9.88 Å². The van der Waals surface area contributed by atoms with Crippen LogP contribution in [0.2, 0.25) is 0 Å². The summed E-state index contributed by atoms with van der Waals surface area (Å²) in [4.78, 5) is 6.05. The predicted octanol–water partition coefficient (Wildman–Crippen LogP) is 3.98. The summed E-state index contributed by atoms with van der Waals surface area (Å²) in [5.41, 5.74) is 6.06. The van der Waals surface area contributed by atoms with Gasteiger partial charge >= 0.3 is 0 Å². The first-order chi connectivity index (χ1) is 12.7. The van der Waals surface area contributed by atoms with E-state index in [-0.39, 0.29) is 11.9 Å². The molecule has 0 unspecified atom stereocenters. The molecular weight excluding hydrogens is 331 g/mol. The van der Waals surface area contributed by atoms with E-state index in [9.17, 15) is 4.39 Å². The van der Waals surface area contributed by atoms with Gasteiger partial charge in [0.15, 0.2) is 11.6 Å². The van der Waals surface area contributed by atoms with Gasteiger partial charge in [-0.15, -0.1) is 0 Å². The van der Waals surface area contributed by atoms with Crippen LogP contribution in [0.5, 0.6) is 11.5 Å². The van der Waals surface area contributed by atoms with E-state index >= 15 is 0 Å². The summed E-state index contributed by atoms with van der Waals surface area (Å²) >= 11 is 0. The minimum atomic E-state index is -0.270. The number of rotatable bonds is 2. The van der Waals surface area contributed by atoms with Crippen LogP contribution < -0.4 is 9.47 Å². The number of nitrogens with zero attached hydrogens (tertiary/aromatic N) is 1. The van der Waals surface area contributed by atoms with Gasteiger partial charge in [0, 0.05) is 35.7 Å². The van der Waals surface area contributed by atoms with Gasteiger partial charge in [-0.3, -0.25) is 4.90 Å². The molecule has 0 radical (unpaired) electrons. The number of aromatic amines is 1. The first kappa shape index (κ1) is 15.7. The van der Waals surface area contributed by atoms with Crippen LogP contribution in [-0.4, -0.2) is 30.6 Å². The molecule has 1 aromatic heterocycles. The van der Waals surface area contributed by atoms with Gasteiger partial charge in [0.1, 0.15) is 5.75 Å². The second kappa shape index (κ2) is 5.74. The third-order valence-electron chi connectivity index (χ3n) is 5.84. The van der Waals surface area contributed by atoms with E-state index in [1.807, 2.05) is 12.1 Å². The van der Waals surface area contributed by atoms with Gasteiger partial charge in [-0.05, 0) is 59.9 Å². The Kier molecular flexibility index (Phi) is 3.47. The largest absolute Gasteiger partial charge is 0.497 e. The lowest BCUT2D eigenvalue weighted by molar-refractivity contribution is 0.159. The molecule has 0 spiro atoms. The average Bonchev–Trinajstić information content (AvgIpc) is 3.02. The van der Waals surface area contributed by atoms with Gasteiger partial charge in [0.25, 0.3) is 0 Å². The Morgan fingerprint density at radius 2 is 2.04 bits per heavy atom. The number of aromatic nitrogens is 1. The molecule has 3 heterocycles. The van der Waals surface area contributed by atoms with E-state index < -0.39 is 0 Å². The Bertz CT molecular complexity index is 1010. The summed E-state index contributed by atoms with van der Waals surface area (Å²) in [6.07, 6.45) is 1.78. The lowest BCUT2D eigenvalue weighted by atomic mass is 9.85. The lowest BCUT2D eigenvalue weighted by Crippen LogP contribution is -2.39. The van der Waals surface area contributed by atoms with Gasteiger partial charge in [-0.1, -0.05) is 0 Å². The van der Waals surface area contributed by atoms with Crippen molar-refractivity contribution in [3.05, 3.63) is 58.5 Å². The number of halogens is 1. The Hall–Kier alpha value is -2.53. The van der Waals surface area contributed by atoms with Crippen LogP contribution in [0.1, 0.15) is 28.4 Å². The third kappa shape index (κ3) is 2.23. The van der Waals surface area contributed by atoms with Crippen molar-refractivity contribution in [3.63, 3.8) is 0 Å². The normalized spacial score (nSPS) is 19.0. The summed E-state index contributed by atoms with van der Waals surface area (Å²) in [5, 5.41) is 1.22. The van der Waals surface area contributed by atoms with E-state index in [1.165, 1.54) is 29.3 Å². The van der Waals surface area contributed by atoms with Crippen LogP contribution in [-0.2, 0) is 19.4 Å². The molecule has 5 rings (SSSR count). The predicted molar refractivity (Wildman–Crippen MR) is 98.4 cm³/mol. The lowest BCUT2D eigenvalue weighted by Gasteiger charge is -2.40. The van der Waals surface area contributed by atoms with Crippen LogP contribution in [0.3, 0.4) is 0 Å². The highest BCUT2D eigenvalue weighted by atomic mass is 19.1. The summed E-state index contributed by atoms with van der Waals surface area (Å²) in [5.74, 6) is 0.930. The van der Waals surface area contributed by atoms with Crippen molar-refractivity contribution in [2.45, 2.75) is 25.4 Å². The zero-order valence-electron chi connectivity index (χ0n) is 14.9. The van der Waals surface area contributed by atoms with Crippen LogP contribution in [0, 0.1) is 5.82 Å². The van der Waals surface area contributed by atoms with Crippen molar-refractivity contribution in [1.29, 1.82) is 0 Å². The van der Waals surface area contributed by atoms with Crippen molar-refractivity contribution in [2.75, 3.05) is 20.8 Å². The Morgan fingerprint density at radius 1 is 1.15 bits per heavy atom. The fourth-order valence-corrected chi connectivity index (χ4v) is 4.51. The van der Waals surface area contributed by atoms with E-state index in [0.29, 0.717) is 5.75 Å². The molecule has 0 amide bonds. The van der Waals surface area contributed by atoms with Crippen LogP contribution in [0.4, 0.5) is 4.39 Å². The quantitative estimate of drug-likeness (QED) is 0.758. The molecule has 0 bridgehead atoms. The standard InChI is InChI=1S/C21H21FN2O2/c1-25-13-3-4-18-15(8-13)16-9-20-14-10-21(26-2)17(22)7-12(14)5-6-24(20)11-19(16)23-18/h3-4,7-8,10,20,23H,5-6,9,11H2,1-2H3/t20-/m0/s1. The molecule has 1 atom stereocenters. The molecule has 1 N–H and O–H groups in total. The second-order valence-corrected chi connectivity index (χ2v) is 7.12. The van der Waals surface area contributed by atoms with Crippen molar-refractivity contribution >= 4 is 10.9 Å². The van der Waals surface area contributed by atoms with E-state index in [1.54, 1.807) is 13.2 Å². The summed E-state index contributed by atoms with van der Waals surface area (Å²) < 4.78 is 24.8.